The molecule has 1 aromatic heterocycles. The molecule has 0 saturated heterocycles. The molecule has 0 bridgehead atoms. The van der Waals surface area contributed by atoms with Crippen LogP contribution < -0.4 is 5.73 Å². The second-order valence-electron chi connectivity index (χ2n) is 5.13. The van der Waals surface area contributed by atoms with Crippen molar-refractivity contribution < 1.29 is 0 Å². The highest BCUT2D eigenvalue weighted by molar-refractivity contribution is 5.83. The molecule has 2 N–H and O–H groups in total. The third kappa shape index (κ3) is 1.93. The van der Waals surface area contributed by atoms with Crippen LogP contribution in [0.25, 0.3) is 10.9 Å². The van der Waals surface area contributed by atoms with Gasteiger partial charge >= 0.3 is 0 Å². The van der Waals surface area contributed by atoms with Crippen LogP contribution in [0, 0.1) is 4.91 Å². The van der Waals surface area contributed by atoms with E-state index in [-0.39, 0.29) is 0 Å². The smallest absolute Gasteiger partial charge is 0.110 e. The maximum atomic E-state index is 10.6. The summed E-state index contributed by atoms with van der Waals surface area (Å²) < 4.78 is 2.27. The summed E-state index contributed by atoms with van der Waals surface area (Å²) in [5, 5.41) is 4.18. The topological polar surface area (TPSA) is 60.4 Å². The number of hydrogen-bond acceptors (Lipinski definition) is 3. The average molecular weight is 243 g/mol. The van der Waals surface area contributed by atoms with Gasteiger partial charge in [0, 0.05) is 18.3 Å². The standard InChI is InChI=1S/C14H17N3O/c15-11-2-5-13(6-3-11)17-8-7-10-1-4-12(16-18)9-14(10)17/h1,4,7-9,11,13H,2-3,5-6,15H2. The molecule has 1 aliphatic rings. The Labute approximate surface area is 106 Å². The molecule has 18 heavy (non-hydrogen) atoms. The number of nitroso groups, excluding NO2 is 1. The van der Waals surface area contributed by atoms with Crippen molar-refractivity contribution >= 4 is 16.6 Å². The lowest BCUT2D eigenvalue weighted by molar-refractivity contribution is 0.330. The van der Waals surface area contributed by atoms with Gasteiger partial charge in [-0.05, 0) is 54.4 Å². The van der Waals surface area contributed by atoms with Gasteiger partial charge in [0.2, 0.25) is 0 Å². The summed E-state index contributed by atoms with van der Waals surface area (Å²) in [7, 11) is 0. The molecule has 94 valence electrons. The van der Waals surface area contributed by atoms with Crippen molar-refractivity contribution in [1.82, 2.24) is 4.57 Å². The third-order valence-electron chi connectivity index (χ3n) is 3.95. The zero-order chi connectivity index (χ0) is 12.5. The summed E-state index contributed by atoms with van der Waals surface area (Å²) in [4.78, 5) is 10.6. The zero-order valence-electron chi connectivity index (χ0n) is 10.2. The third-order valence-corrected chi connectivity index (χ3v) is 3.95. The van der Waals surface area contributed by atoms with Gasteiger partial charge in [0.15, 0.2) is 0 Å². The number of rotatable bonds is 2. The number of benzene rings is 1. The number of nitrogens with zero attached hydrogens (tertiary/aromatic N) is 2. The van der Waals surface area contributed by atoms with E-state index in [1.807, 2.05) is 12.1 Å². The maximum Gasteiger partial charge on any atom is 0.110 e. The quantitative estimate of drug-likeness (QED) is 0.821. The lowest BCUT2D eigenvalue weighted by Crippen LogP contribution is -2.27. The van der Waals surface area contributed by atoms with E-state index in [1.54, 1.807) is 6.07 Å². The number of fused-ring (bicyclic) bond motifs is 1. The van der Waals surface area contributed by atoms with Crippen LogP contribution in [0.1, 0.15) is 31.7 Å². The Morgan fingerprint density at radius 3 is 2.67 bits per heavy atom. The Hall–Kier alpha value is -1.68. The molecule has 2 aromatic rings. The van der Waals surface area contributed by atoms with Crippen molar-refractivity contribution in [2.24, 2.45) is 10.9 Å². The van der Waals surface area contributed by atoms with E-state index in [4.69, 9.17) is 5.73 Å². The fourth-order valence-corrected chi connectivity index (χ4v) is 2.89. The first kappa shape index (κ1) is 11.4. The van der Waals surface area contributed by atoms with Crippen molar-refractivity contribution in [3.63, 3.8) is 0 Å². The van der Waals surface area contributed by atoms with Crippen LogP contribution in [0.2, 0.25) is 0 Å². The summed E-state index contributed by atoms with van der Waals surface area (Å²) in [5.74, 6) is 0. The molecule has 0 aliphatic heterocycles. The van der Waals surface area contributed by atoms with Gasteiger partial charge in [0.25, 0.3) is 0 Å². The first-order chi connectivity index (χ1) is 8.78. The molecule has 4 heteroatoms. The number of nitrogens with two attached hydrogens (primary N) is 1. The fourth-order valence-electron chi connectivity index (χ4n) is 2.89. The summed E-state index contributed by atoms with van der Waals surface area (Å²) in [6.45, 7) is 0. The van der Waals surface area contributed by atoms with E-state index >= 15 is 0 Å². The van der Waals surface area contributed by atoms with Gasteiger partial charge in [0.05, 0.1) is 5.52 Å². The van der Waals surface area contributed by atoms with Gasteiger partial charge in [-0.25, -0.2) is 0 Å². The molecule has 0 radical (unpaired) electrons. The van der Waals surface area contributed by atoms with Crippen molar-refractivity contribution in [3.8, 4) is 0 Å². The molecule has 1 fully saturated rings. The van der Waals surface area contributed by atoms with E-state index in [0.29, 0.717) is 17.8 Å². The van der Waals surface area contributed by atoms with Crippen LogP contribution in [0.3, 0.4) is 0 Å². The van der Waals surface area contributed by atoms with E-state index in [0.717, 1.165) is 36.6 Å². The van der Waals surface area contributed by atoms with Gasteiger partial charge in [-0.3, -0.25) is 0 Å². The lowest BCUT2D eigenvalue weighted by atomic mass is 9.91. The largest absolute Gasteiger partial charge is 0.344 e. The van der Waals surface area contributed by atoms with Crippen LogP contribution in [0.4, 0.5) is 5.69 Å². The maximum absolute atomic E-state index is 10.6. The summed E-state index contributed by atoms with van der Waals surface area (Å²) in [6, 6.07) is 8.54. The van der Waals surface area contributed by atoms with Crippen LogP contribution >= 0.6 is 0 Å². The van der Waals surface area contributed by atoms with Crippen LogP contribution in [-0.4, -0.2) is 10.6 Å². The molecule has 0 unspecified atom stereocenters. The van der Waals surface area contributed by atoms with Crippen molar-refractivity contribution in [2.75, 3.05) is 0 Å². The molecule has 1 heterocycles. The van der Waals surface area contributed by atoms with Crippen molar-refractivity contribution in [2.45, 2.75) is 37.8 Å². The van der Waals surface area contributed by atoms with Crippen LogP contribution in [-0.2, 0) is 0 Å². The normalized spacial score (nSPS) is 24.3. The average Bonchev–Trinajstić information content (AvgIpc) is 2.82. The van der Waals surface area contributed by atoms with Crippen LogP contribution in [0.15, 0.2) is 35.6 Å². The highest BCUT2D eigenvalue weighted by atomic mass is 16.3. The molecule has 1 saturated carbocycles. The van der Waals surface area contributed by atoms with E-state index in [2.05, 4.69) is 22.0 Å². The van der Waals surface area contributed by atoms with Crippen molar-refractivity contribution in [1.29, 1.82) is 0 Å². The van der Waals surface area contributed by atoms with Gasteiger partial charge in [-0.2, -0.15) is 0 Å². The first-order valence-corrected chi connectivity index (χ1v) is 6.47. The van der Waals surface area contributed by atoms with Gasteiger partial charge in [0.1, 0.15) is 5.69 Å². The minimum atomic E-state index is 0.357. The molecule has 1 aromatic carbocycles. The molecule has 0 atom stereocenters. The second kappa shape index (κ2) is 4.53. The monoisotopic (exact) mass is 243 g/mol. The van der Waals surface area contributed by atoms with Gasteiger partial charge < -0.3 is 10.3 Å². The summed E-state index contributed by atoms with van der Waals surface area (Å²) in [6.07, 6.45) is 6.50. The molecule has 0 amide bonds. The summed E-state index contributed by atoms with van der Waals surface area (Å²) >= 11 is 0. The SMILES string of the molecule is NC1CCC(n2ccc3ccc(N=O)cc32)CC1. The van der Waals surface area contributed by atoms with E-state index in [9.17, 15) is 4.91 Å². The fraction of sp³-hybridized carbons (Fsp3) is 0.429. The Balaban J connectivity index is 1.98. The summed E-state index contributed by atoms with van der Waals surface area (Å²) in [5.41, 5.74) is 7.54. The second-order valence-corrected chi connectivity index (χ2v) is 5.13. The first-order valence-electron chi connectivity index (χ1n) is 6.47. The zero-order valence-corrected chi connectivity index (χ0v) is 10.2. The Kier molecular flexibility index (Phi) is 2.88. The number of aromatic nitrogens is 1. The van der Waals surface area contributed by atoms with Crippen molar-refractivity contribution in [3.05, 3.63) is 35.4 Å². The van der Waals surface area contributed by atoms with E-state index in [1.165, 1.54) is 0 Å². The van der Waals surface area contributed by atoms with Crippen LogP contribution in [0.5, 0.6) is 0 Å². The lowest BCUT2D eigenvalue weighted by Gasteiger charge is -2.28. The van der Waals surface area contributed by atoms with Gasteiger partial charge in [-0.1, -0.05) is 6.07 Å². The molecule has 1 aliphatic carbocycles. The van der Waals surface area contributed by atoms with Gasteiger partial charge in [-0.15, -0.1) is 4.91 Å². The highest BCUT2D eigenvalue weighted by Gasteiger charge is 2.20. The molecule has 4 nitrogen and oxygen atoms in total. The minimum absolute atomic E-state index is 0.357. The Morgan fingerprint density at radius 2 is 1.94 bits per heavy atom. The molecule has 3 rings (SSSR count). The Bertz CT molecular complexity index is 567. The Morgan fingerprint density at radius 1 is 1.17 bits per heavy atom. The minimum Gasteiger partial charge on any atom is -0.344 e. The number of hydrogen-bond donors (Lipinski definition) is 1. The molecule has 0 spiro atoms. The van der Waals surface area contributed by atoms with E-state index < -0.39 is 0 Å². The molecular weight excluding hydrogens is 226 g/mol. The molecular formula is C14H17N3O. The predicted molar refractivity (Wildman–Crippen MR) is 72.9 cm³/mol. The predicted octanol–water partition coefficient (Wildman–Crippen LogP) is 3.48. The highest BCUT2D eigenvalue weighted by Crippen LogP contribution is 2.32.